The molecule has 17 heavy (non-hydrogen) atoms. The van der Waals surface area contributed by atoms with E-state index in [1.807, 2.05) is 4.57 Å². The Morgan fingerprint density at radius 2 is 2.06 bits per heavy atom. The van der Waals surface area contributed by atoms with Gasteiger partial charge in [-0.05, 0) is 6.92 Å². The second-order valence-electron chi connectivity index (χ2n) is 3.94. The van der Waals surface area contributed by atoms with E-state index in [1.54, 1.807) is 6.92 Å². The molecule has 1 aromatic heterocycles. The number of carbonyl (C=O) groups is 2. The predicted octanol–water partition coefficient (Wildman–Crippen LogP) is 1.04. The highest BCUT2D eigenvalue weighted by atomic mass is 35.5. The number of primary amides is 1. The zero-order valence-electron chi connectivity index (χ0n) is 9.23. The number of rotatable bonds is 1. The van der Waals surface area contributed by atoms with E-state index in [4.69, 9.17) is 22.4 Å². The summed E-state index contributed by atoms with van der Waals surface area (Å²) in [5, 5.41) is 9.26. The molecular weight excluding hydrogens is 246 g/mol. The summed E-state index contributed by atoms with van der Waals surface area (Å²) >= 11 is 6.04. The molecule has 2 rings (SSSR count). The maximum absolute atomic E-state index is 11.3. The van der Waals surface area contributed by atoms with Crippen LogP contribution in [-0.2, 0) is 13.1 Å². The molecule has 0 spiro atoms. The van der Waals surface area contributed by atoms with Crippen molar-refractivity contribution in [2.45, 2.75) is 20.0 Å². The van der Waals surface area contributed by atoms with Crippen LogP contribution in [0.4, 0.5) is 4.79 Å². The Bertz CT molecular complexity index is 509. The Hall–Kier alpha value is -1.69. The first-order valence-corrected chi connectivity index (χ1v) is 5.46. The largest absolute Gasteiger partial charge is 0.465 e. The molecule has 6 nitrogen and oxygen atoms in total. The van der Waals surface area contributed by atoms with Crippen LogP contribution in [0.3, 0.4) is 0 Å². The maximum atomic E-state index is 11.3. The van der Waals surface area contributed by atoms with Crippen molar-refractivity contribution in [2.24, 2.45) is 5.73 Å². The Morgan fingerprint density at radius 1 is 1.41 bits per heavy atom. The molecule has 0 fully saturated rings. The summed E-state index contributed by atoms with van der Waals surface area (Å²) in [5.74, 6) is -0.626. The molecule has 2 heterocycles. The van der Waals surface area contributed by atoms with Crippen LogP contribution in [0.15, 0.2) is 0 Å². The first kappa shape index (κ1) is 11.8. The average Bonchev–Trinajstić information content (AvgIpc) is 2.51. The van der Waals surface area contributed by atoms with Crippen molar-refractivity contribution < 1.29 is 14.7 Å². The fraction of sp³-hybridized carbons (Fsp3) is 0.400. The Labute approximate surface area is 103 Å². The van der Waals surface area contributed by atoms with Crippen molar-refractivity contribution in [2.75, 3.05) is 6.54 Å². The molecular formula is C10H12ClN3O3. The van der Waals surface area contributed by atoms with Gasteiger partial charge in [0.15, 0.2) is 0 Å². The number of carboxylic acid groups (broad SMARTS) is 1. The standard InChI is InChI=1S/C10H12ClN3O3/c1-5-8(11)7(9(12)15)6-4-13(10(16)17)2-3-14(5)6/h2-4H2,1H3,(H2,12,15)(H,16,17). The minimum atomic E-state index is -1.01. The van der Waals surface area contributed by atoms with E-state index in [2.05, 4.69) is 0 Å². The second-order valence-corrected chi connectivity index (χ2v) is 4.32. The number of halogens is 1. The lowest BCUT2D eigenvalue weighted by Crippen LogP contribution is -2.38. The molecule has 1 aliphatic heterocycles. The zero-order valence-corrected chi connectivity index (χ0v) is 9.99. The third-order valence-corrected chi connectivity index (χ3v) is 3.47. The van der Waals surface area contributed by atoms with Gasteiger partial charge in [-0.1, -0.05) is 11.6 Å². The van der Waals surface area contributed by atoms with E-state index < -0.39 is 12.0 Å². The van der Waals surface area contributed by atoms with Crippen molar-refractivity contribution in [1.82, 2.24) is 9.47 Å². The van der Waals surface area contributed by atoms with Crippen molar-refractivity contribution in [1.29, 1.82) is 0 Å². The third kappa shape index (κ3) is 1.74. The molecule has 0 radical (unpaired) electrons. The number of hydrogen-bond donors (Lipinski definition) is 2. The number of nitrogens with zero attached hydrogens (tertiary/aromatic N) is 2. The van der Waals surface area contributed by atoms with E-state index in [9.17, 15) is 9.59 Å². The summed E-state index contributed by atoms with van der Waals surface area (Å²) in [5.41, 5.74) is 6.83. The van der Waals surface area contributed by atoms with Crippen molar-refractivity contribution in [3.63, 3.8) is 0 Å². The van der Waals surface area contributed by atoms with Crippen LogP contribution < -0.4 is 5.73 Å². The molecule has 0 aliphatic carbocycles. The van der Waals surface area contributed by atoms with E-state index >= 15 is 0 Å². The highest BCUT2D eigenvalue weighted by Crippen LogP contribution is 2.30. The molecule has 92 valence electrons. The highest BCUT2D eigenvalue weighted by Gasteiger charge is 2.29. The fourth-order valence-electron chi connectivity index (χ4n) is 2.12. The summed E-state index contributed by atoms with van der Waals surface area (Å²) in [7, 11) is 0. The minimum Gasteiger partial charge on any atom is -0.465 e. The van der Waals surface area contributed by atoms with Crippen LogP contribution in [0, 0.1) is 6.92 Å². The van der Waals surface area contributed by atoms with Crippen molar-refractivity contribution in [3.05, 3.63) is 22.0 Å². The molecule has 0 saturated carbocycles. The van der Waals surface area contributed by atoms with Gasteiger partial charge in [-0.3, -0.25) is 4.79 Å². The summed E-state index contributed by atoms with van der Waals surface area (Å²) in [4.78, 5) is 23.5. The van der Waals surface area contributed by atoms with E-state index in [-0.39, 0.29) is 12.1 Å². The normalized spacial score (nSPS) is 14.6. The van der Waals surface area contributed by atoms with Crippen LogP contribution in [0.25, 0.3) is 0 Å². The molecule has 3 N–H and O–H groups in total. The summed E-state index contributed by atoms with van der Waals surface area (Å²) in [6.07, 6.45) is -1.01. The molecule has 0 atom stereocenters. The minimum absolute atomic E-state index is 0.140. The van der Waals surface area contributed by atoms with Crippen molar-refractivity contribution >= 4 is 23.6 Å². The van der Waals surface area contributed by atoms with Crippen LogP contribution in [0.2, 0.25) is 5.02 Å². The molecule has 0 bridgehead atoms. The van der Waals surface area contributed by atoms with E-state index in [0.29, 0.717) is 23.8 Å². The molecule has 1 aromatic rings. The first-order valence-electron chi connectivity index (χ1n) is 5.08. The number of carbonyl (C=O) groups excluding carboxylic acids is 1. The van der Waals surface area contributed by atoms with Gasteiger partial charge in [0.05, 0.1) is 22.8 Å². The van der Waals surface area contributed by atoms with Gasteiger partial charge < -0.3 is 20.3 Å². The fourth-order valence-corrected chi connectivity index (χ4v) is 2.43. The molecule has 0 saturated heterocycles. The van der Waals surface area contributed by atoms with Gasteiger partial charge in [0.25, 0.3) is 5.91 Å². The van der Waals surface area contributed by atoms with Crippen LogP contribution in [-0.4, -0.2) is 33.1 Å². The monoisotopic (exact) mass is 257 g/mol. The van der Waals surface area contributed by atoms with Gasteiger partial charge >= 0.3 is 6.09 Å². The quantitative estimate of drug-likeness (QED) is 0.788. The summed E-state index contributed by atoms with van der Waals surface area (Å²) in [6, 6.07) is 0. The molecule has 0 aromatic carbocycles. The lowest BCUT2D eigenvalue weighted by Gasteiger charge is -2.27. The highest BCUT2D eigenvalue weighted by molar-refractivity contribution is 6.34. The molecule has 7 heteroatoms. The summed E-state index contributed by atoms with van der Waals surface area (Å²) < 4.78 is 1.85. The number of hydrogen-bond acceptors (Lipinski definition) is 2. The number of amides is 2. The Kier molecular flexibility index (Phi) is 2.74. The van der Waals surface area contributed by atoms with Crippen LogP contribution in [0.5, 0.6) is 0 Å². The number of nitrogens with two attached hydrogens (primary N) is 1. The number of aromatic nitrogens is 1. The molecule has 0 unspecified atom stereocenters. The average molecular weight is 258 g/mol. The van der Waals surface area contributed by atoms with Crippen molar-refractivity contribution in [3.8, 4) is 0 Å². The lowest BCUT2D eigenvalue weighted by atomic mass is 10.2. The third-order valence-electron chi connectivity index (χ3n) is 3.01. The van der Waals surface area contributed by atoms with Gasteiger partial charge in [0, 0.05) is 18.8 Å². The van der Waals surface area contributed by atoms with Crippen LogP contribution >= 0.6 is 11.6 Å². The van der Waals surface area contributed by atoms with Gasteiger partial charge in [0.2, 0.25) is 0 Å². The van der Waals surface area contributed by atoms with Gasteiger partial charge in [0.1, 0.15) is 0 Å². The summed E-state index contributed by atoms with van der Waals surface area (Å²) in [6.45, 7) is 2.79. The lowest BCUT2D eigenvalue weighted by molar-refractivity contribution is 0.0993. The maximum Gasteiger partial charge on any atom is 0.407 e. The number of fused-ring (bicyclic) bond motifs is 1. The topological polar surface area (TPSA) is 88.6 Å². The smallest absolute Gasteiger partial charge is 0.407 e. The van der Waals surface area contributed by atoms with Gasteiger partial charge in [-0.2, -0.15) is 0 Å². The Balaban J connectivity index is 2.52. The predicted molar refractivity (Wildman–Crippen MR) is 61.1 cm³/mol. The zero-order chi connectivity index (χ0) is 12.7. The van der Waals surface area contributed by atoms with Gasteiger partial charge in [-0.15, -0.1) is 0 Å². The van der Waals surface area contributed by atoms with Gasteiger partial charge in [-0.25, -0.2) is 4.79 Å². The van der Waals surface area contributed by atoms with Crippen LogP contribution in [0.1, 0.15) is 21.7 Å². The second kappa shape index (κ2) is 3.96. The molecule has 1 aliphatic rings. The Morgan fingerprint density at radius 3 is 2.59 bits per heavy atom. The van der Waals surface area contributed by atoms with E-state index in [0.717, 1.165) is 5.69 Å². The molecule has 2 amide bonds. The SMILES string of the molecule is Cc1c(Cl)c(C(N)=O)c2n1CCN(C(=O)O)C2. The van der Waals surface area contributed by atoms with E-state index in [1.165, 1.54) is 4.90 Å². The first-order chi connectivity index (χ1) is 7.93.